The van der Waals surface area contributed by atoms with E-state index in [-0.39, 0.29) is 12.2 Å². The second-order valence-corrected chi connectivity index (χ2v) is 4.01. The highest BCUT2D eigenvalue weighted by Crippen LogP contribution is 2.19. The lowest BCUT2D eigenvalue weighted by Crippen LogP contribution is -2.30. The van der Waals surface area contributed by atoms with Gasteiger partial charge in [0, 0.05) is 5.56 Å². The van der Waals surface area contributed by atoms with Crippen LogP contribution in [-0.2, 0) is 19.4 Å². The van der Waals surface area contributed by atoms with Gasteiger partial charge in [-0.2, -0.15) is 5.10 Å². The first-order valence-electron chi connectivity index (χ1n) is 5.44. The molecule has 0 fully saturated rings. The Balaban J connectivity index is 2.53. The molecule has 82 valence electrons. The lowest BCUT2D eigenvalue weighted by molar-refractivity contribution is 0.265. The Kier molecular flexibility index (Phi) is 2.86. The van der Waals surface area contributed by atoms with Gasteiger partial charge in [-0.1, -0.05) is 0 Å². The van der Waals surface area contributed by atoms with E-state index in [9.17, 15) is 4.79 Å². The topological polar surface area (TPSA) is 55.1 Å². The average Bonchev–Trinajstić information content (AvgIpc) is 2.26. The normalized spacial score (nSPS) is 15.1. The van der Waals surface area contributed by atoms with E-state index in [1.165, 1.54) is 4.68 Å². The smallest absolute Gasteiger partial charge is 0.270 e. The lowest BCUT2D eigenvalue weighted by Gasteiger charge is -2.18. The fraction of sp³-hybridized carbons (Fsp3) is 0.636. The molecule has 0 saturated heterocycles. The zero-order valence-corrected chi connectivity index (χ0v) is 8.99. The third kappa shape index (κ3) is 1.81. The molecule has 0 atom stereocenters. The largest absolute Gasteiger partial charge is 0.394 e. The Morgan fingerprint density at radius 3 is 2.87 bits per heavy atom. The number of rotatable bonds is 2. The van der Waals surface area contributed by atoms with E-state index in [1.807, 2.05) is 6.92 Å². The van der Waals surface area contributed by atoms with Crippen molar-refractivity contribution in [2.45, 2.75) is 39.2 Å². The van der Waals surface area contributed by atoms with E-state index in [2.05, 4.69) is 5.10 Å². The monoisotopic (exact) mass is 208 g/mol. The van der Waals surface area contributed by atoms with E-state index >= 15 is 0 Å². The molecule has 4 heteroatoms. The molecule has 1 aromatic heterocycles. The molecule has 0 saturated carbocycles. The van der Waals surface area contributed by atoms with Gasteiger partial charge in [0.15, 0.2) is 0 Å². The third-order valence-corrected chi connectivity index (χ3v) is 3.00. The summed E-state index contributed by atoms with van der Waals surface area (Å²) in [7, 11) is 0. The maximum atomic E-state index is 11.8. The molecule has 0 aliphatic heterocycles. The molecule has 15 heavy (non-hydrogen) atoms. The van der Waals surface area contributed by atoms with Crippen molar-refractivity contribution < 1.29 is 5.11 Å². The van der Waals surface area contributed by atoms with Crippen LogP contribution in [0.3, 0.4) is 0 Å². The molecule has 0 amide bonds. The van der Waals surface area contributed by atoms with Crippen molar-refractivity contribution in [1.82, 2.24) is 9.78 Å². The molecule has 2 rings (SSSR count). The molecule has 0 radical (unpaired) electrons. The molecule has 4 nitrogen and oxygen atoms in total. The maximum Gasteiger partial charge on any atom is 0.270 e. The molecule has 0 unspecified atom stereocenters. The summed E-state index contributed by atoms with van der Waals surface area (Å²) in [6.45, 7) is 2.13. The summed E-state index contributed by atoms with van der Waals surface area (Å²) in [5.74, 6) is 0. The van der Waals surface area contributed by atoms with Crippen molar-refractivity contribution >= 4 is 0 Å². The Morgan fingerprint density at radius 1 is 1.40 bits per heavy atom. The molecule has 1 N–H and O–H groups in total. The molecule has 1 aliphatic rings. The molecule has 1 aliphatic carbocycles. The predicted molar refractivity (Wildman–Crippen MR) is 57.0 cm³/mol. The number of aryl methyl sites for hydroxylation is 1. The first-order chi connectivity index (χ1) is 7.24. The van der Waals surface area contributed by atoms with Gasteiger partial charge in [-0.3, -0.25) is 4.79 Å². The second kappa shape index (κ2) is 4.14. The van der Waals surface area contributed by atoms with Crippen molar-refractivity contribution in [2.75, 3.05) is 6.61 Å². The van der Waals surface area contributed by atoms with Gasteiger partial charge in [-0.25, -0.2) is 4.68 Å². The van der Waals surface area contributed by atoms with Crippen LogP contribution in [0.5, 0.6) is 0 Å². The van der Waals surface area contributed by atoms with Crippen LogP contribution in [0, 0.1) is 6.92 Å². The number of hydrogen-bond donors (Lipinski definition) is 1. The second-order valence-electron chi connectivity index (χ2n) is 4.01. The summed E-state index contributed by atoms with van der Waals surface area (Å²) in [5.41, 5.74) is 2.95. The number of fused-ring (bicyclic) bond motifs is 1. The van der Waals surface area contributed by atoms with Crippen LogP contribution in [0.4, 0.5) is 0 Å². The minimum atomic E-state index is -0.0512. The van der Waals surface area contributed by atoms with Crippen LogP contribution in [0.1, 0.15) is 29.7 Å². The van der Waals surface area contributed by atoms with E-state index in [0.717, 1.165) is 42.5 Å². The third-order valence-electron chi connectivity index (χ3n) is 3.00. The highest BCUT2D eigenvalue weighted by Gasteiger charge is 2.16. The van der Waals surface area contributed by atoms with Crippen molar-refractivity contribution in [3.8, 4) is 0 Å². The highest BCUT2D eigenvalue weighted by atomic mass is 16.3. The van der Waals surface area contributed by atoms with Gasteiger partial charge in [0.2, 0.25) is 0 Å². The maximum absolute atomic E-state index is 11.8. The number of aliphatic hydroxyl groups excluding tert-OH is 1. The standard InChI is InChI=1S/C11H16N2O2/c1-8-9-4-2-3-5-10(9)12-13(6-7-14)11(8)15/h14H,2-7H2,1H3. The SMILES string of the molecule is Cc1c2c(nn(CCO)c1=O)CCCC2. The predicted octanol–water partition coefficient (Wildman–Crippen LogP) is 0.423. The summed E-state index contributed by atoms with van der Waals surface area (Å²) in [4.78, 5) is 11.8. The summed E-state index contributed by atoms with van der Waals surface area (Å²) >= 11 is 0. The summed E-state index contributed by atoms with van der Waals surface area (Å²) in [6.07, 6.45) is 4.24. The van der Waals surface area contributed by atoms with Gasteiger partial charge in [-0.05, 0) is 38.2 Å². The Bertz CT molecular complexity index is 423. The van der Waals surface area contributed by atoms with Gasteiger partial charge in [-0.15, -0.1) is 0 Å². The fourth-order valence-corrected chi connectivity index (χ4v) is 2.16. The van der Waals surface area contributed by atoms with Gasteiger partial charge >= 0.3 is 0 Å². The Labute approximate surface area is 88.6 Å². The van der Waals surface area contributed by atoms with E-state index < -0.39 is 0 Å². The van der Waals surface area contributed by atoms with Crippen molar-refractivity contribution in [2.24, 2.45) is 0 Å². The molecule has 0 bridgehead atoms. The van der Waals surface area contributed by atoms with E-state index in [1.54, 1.807) is 0 Å². The number of aliphatic hydroxyl groups is 1. The Hall–Kier alpha value is -1.16. The van der Waals surface area contributed by atoms with Crippen LogP contribution in [0.15, 0.2) is 4.79 Å². The highest BCUT2D eigenvalue weighted by molar-refractivity contribution is 5.29. The van der Waals surface area contributed by atoms with Crippen molar-refractivity contribution in [1.29, 1.82) is 0 Å². The Morgan fingerprint density at radius 2 is 2.13 bits per heavy atom. The van der Waals surface area contributed by atoms with Crippen molar-refractivity contribution in [3.63, 3.8) is 0 Å². The minimum Gasteiger partial charge on any atom is -0.394 e. The van der Waals surface area contributed by atoms with Crippen LogP contribution < -0.4 is 5.56 Å². The fourth-order valence-electron chi connectivity index (χ4n) is 2.16. The number of aromatic nitrogens is 2. The molecule has 1 heterocycles. The zero-order chi connectivity index (χ0) is 10.8. The van der Waals surface area contributed by atoms with Gasteiger partial charge in [0.1, 0.15) is 0 Å². The summed E-state index contributed by atoms with van der Waals surface area (Å²) < 4.78 is 1.39. The molecular formula is C11H16N2O2. The first-order valence-corrected chi connectivity index (χ1v) is 5.44. The number of hydrogen-bond acceptors (Lipinski definition) is 3. The van der Waals surface area contributed by atoms with Gasteiger partial charge in [0.25, 0.3) is 5.56 Å². The lowest BCUT2D eigenvalue weighted by atomic mass is 9.94. The first kappa shape index (κ1) is 10.4. The molecule has 1 aromatic rings. The molecule has 0 aromatic carbocycles. The minimum absolute atomic E-state index is 0.0366. The molecular weight excluding hydrogens is 192 g/mol. The average molecular weight is 208 g/mol. The van der Waals surface area contributed by atoms with E-state index in [4.69, 9.17) is 5.11 Å². The number of nitrogens with zero attached hydrogens (tertiary/aromatic N) is 2. The van der Waals surface area contributed by atoms with E-state index in [0.29, 0.717) is 6.54 Å². The molecule has 0 spiro atoms. The van der Waals surface area contributed by atoms with Gasteiger partial charge < -0.3 is 5.11 Å². The summed E-state index contributed by atoms with van der Waals surface area (Å²) in [5, 5.41) is 13.1. The van der Waals surface area contributed by atoms with Crippen LogP contribution in [0.25, 0.3) is 0 Å². The quantitative estimate of drug-likeness (QED) is 0.766. The zero-order valence-electron chi connectivity index (χ0n) is 8.99. The summed E-state index contributed by atoms with van der Waals surface area (Å²) in [6, 6.07) is 0. The van der Waals surface area contributed by atoms with Gasteiger partial charge in [0.05, 0.1) is 18.8 Å². The van der Waals surface area contributed by atoms with Crippen molar-refractivity contribution in [3.05, 3.63) is 27.2 Å². The van der Waals surface area contributed by atoms with Crippen LogP contribution >= 0.6 is 0 Å². The van der Waals surface area contributed by atoms with Crippen LogP contribution in [-0.4, -0.2) is 21.5 Å². The van der Waals surface area contributed by atoms with Crippen LogP contribution in [0.2, 0.25) is 0 Å².